The van der Waals surface area contributed by atoms with Crippen LogP contribution in [-0.2, 0) is 16.6 Å². The molecule has 3 N–H and O–H groups in total. The zero-order valence-electron chi connectivity index (χ0n) is 19.1. The van der Waals surface area contributed by atoms with Crippen LogP contribution >= 0.6 is 0 Å². The second-order valence-corrected chi connectivity index (χ2v) is 8.50. The summed E-state index contributed by atoms with van der Waals surface area (Å²) in [5, 5.41) is 13.4. The highest BCUT2D eigenvalue weighted by molar-refractivity contribution is 6.11. The number of benzene rings is 3. The van der Waals surface area contributed by atoms with Gasteiger partial charge in [0.25, 0.3) is 5.91 Å². The average molecular weight is 471 g/mol. The summed E-state index contributed by atoms with van der Waals surface area (Å²) in [6.07, 6.45) is -0.0321. The largest absolute Gasteiger partial charge is 0.326 e. The van der Waals surface area contributed by atoms with Gasteiger partial charge in [-0.25, -0.2) is 4.39 Å². The monoisotopic (exact) mass is 471 g/mol. The van der Waals surface area contributed by atoms with Crippen LogP contribution in [0.25, 0.3) is 10.9 Å². The highest BCUT2D eigenvalue weighted by Crippen LogP contribution is 2.34. The first-order chi connectivity index (χ1) is 16.8. The first-order valence-corrected chi connectivity index (χ1v) is 11.0. The zero-order chi connectivity index (χ0) is 24.7. The minimum atomic E-state index is -0.740. The summed E-state index contributed by atoms with van der Waals surface area (Å²) in [5.41, 5.74) is 3.87. The Bertz CT molecular complexity index is 1510. The number of anilines is 3. The molecule has 1 atom stereocenters. The number of nitrogens with zero attached hydrogens (tertiary/aromatic N) is 2. The van der Waals surface area contributed by atoms with E-state index in [1.807, 2.05) is 24.3 Å². The molecule has 1 aliphatic rings. The fraction of sp³-hybridized carbons (Fsp3) is 0.154. The predicted octanol–water partition coefficient (Wildman–Crippen LogP) is 4.34. The Balaban J connectivity index is 1.33. The molecule has 2 heterocycles. The van der Waals surface area contributed by atoms with E-state index >= 15 is 0 Å². The lowest BCUT2D eigenvalue weighted by molar-refractivity contribution is -0.123. The molecular formula is C26H22FN5O3. The normalized spacial score (nSPS) is 14.8. The molecule has 8 nitrogen and oxygen atoms in total. The topological polar surface area (TPSA) is 105 Å². The molecule has 0 fully saturated rings. The lowest BCUT2D eigenvalue weighted by Crippen LogP contribution is -2.31. The van der Waals surface area contributed by atoms with Crippen LogP contribution in [0.15, 0.2) is 60.7 Å². The van der Waals surface area contributed by atoms with Crippen LogP contribution in [0.3, 0.4) is 0 Å². The summed E-state index contributed by atoms with van der Waals surface area (Å²) < 4.78 is 15.2. The molecule has 0 radical (unpaired) electrons. The maximum Gasteiger partial charge on any atom is 0.276 e. The molecule has 1 aromatic heterocycles. The Hall–Kier alpha value is -4.53. The van der Waals surface area contributed by atoms with Crippen LogP contribution in [0.5, 0.6) is 0 Å². The van der Waals surface area contributed by atoms with Crippen molar-refractivity contribution in [3.05, 3.63) is 83.3 Å². The van der Waals surface area contributed by atoms with Gasteiger partial charge in [-0.05, 0) is 54.4 Å². The second-order valence-electron chi connectivity index (χ2n) is 8.50. The molecule has 35 heavy (non-hydrogen) atoms. The maximum absolute atomic E-state index is 13.6. The van der Waals surface area contributed by atoms with Gasteiger partial charge in [0.05, 0.1) is 11.4 Å². The number of fused-ring (bicyclic) bond motifs is 2. The van der Waals surface area contributed by atoms with E-state index in [2.05, 4.69) is 21.0 Å². The van der Waals surface area contributed by atoms with Crippen molar-refractivity contribution in [1.29, 1.82) is 0 Å². The number of amides is 3. The summed E-state index contributed by atoms with van der Waals surface area (Å²) in [6.45, 7) is 1.80. The third-order valence-electron chi connectivity index (χ3n) is 6.09. The molecule has 0 bridgehead atoms. The van der Waals surface area contributed by atoms with E-state index in [4.69, 9.17) is 0 Å². The minimum absolute atomic E-state index is 0.0321. The smallest absolute Gasteiger partial charge is 0.276 e. The molecule has 3 amide bonds. The van der Waals surface area contributed by atoms with Crippen LogP contribution in [0.2, 0.25) is 0 Å². The standard InChI is InChI=1S/C26H22FN5O3/c1-14-11-16(28-26(35)24-18-5-3-4-6-22(18)32(2)31-24)8-10-20(14)30-25(34)19-13-23(33)29-21-12-15(27)7-9-17(19)21/h3-12,19H,13H2,1-2H3,(H,28,35)(H,29,33)(H,30,34). The first kappa shape index (κ1) is 22.3. The van der Waals surface area contributed by atoms with Crippen molar-refractivity contribution in [1.82, 2.24) is 9.78 Å². The fourth-order valence-electron chi connectivity index (χ4n) is 4.34. The highest BCUT2D eigenvalue weighted by atomic mass is 19.1. The van der Waals surface area contributed by atoms with Gasteiger partial charge in [-0.15, -0.1) is 0 Å². The Morgan fingerprint density at radius 2 is 1.89 bits per heavy atom. The quantitative estimate of drug-likeness (QED) is 0.412. The third-order valence-corrected chi connectivity index (χ3v) is 6.09. The van der Waals surface area contributed by atoms with Gasteiger partial charge in [-0.2, -0.15) is 5.10 Å². The SMILES string of the molecule is Cc1cc(NC(=O)c2nn(C)c3ccccc23)ccc1NC(=O)C1CC(=O)Nc2cc(F)ccc21. The Morgan fingerprint density at radius 1 is 1.09 bits per heavy atom. The molecule has 0 saturated carbocycles. The van der Waals surface area contributed by atoms with E-state index in [1.54, 1.807) is 36.9 Å². The van der Waals surface area contributed by atoms with Crippen molar-refractivity contribution in [2.45, 2.75) is 19.3 Å². The van der Waals surface area contributed by atoms with Crippen molar-refractivity contribution in [2.75, 3.05) is 16.0 Å². The van der Waals surface area contributed by atoms with Crippen molar-refractivity contribution < 1.29 is 18.8 Å². The molecule has 3 aromatic carbocycles. The summed E-state index contributed by atoms with van der Waals surface area (Å²) in [6, 6.07) is 16.6. The molecule has 9 heteroatoms. The molecule has 0 saturated heterocycles. The van der Waals surface area contributed by atoms with Gasteiger partial charge in [0, 0.05) is 35.9 Å². The number of hydrogen-bond donors (Lipinski definition) is 3. The Morgan fingerprint density at radius 3 is 2.69 bits per heavy atom. The average Bonchev–Trinajstić information content (AvgIpc) is 3.17. The summed E-state index contributed by atoms with van der Waals surface area (Å²) in [7, 11) is 1.78. The van der Waals surface area contributed by atoms with Gasteiger partial charge >= 0.3 is 0 Å². The van der Waals surface area contributed by atoms with Crippen LogP contribution in [0.1, 0.15) is 34.0 Å². The number of aryl methyl sites for hydroxylation is 2. The van der Waals surface area contributed by atoms with E-state index in [-0.39, 0.29) is 24.1 Å². The molecule has 4 aromatic rings. The number of carbonyl (C=O) groups excluding carboxylic acids is 3. The lowest BCUT2D eigenvalue weighted by Gasteiger charge is -2.25. The zero-order valence-corrected chi connectivity index (χ0v) is 19.1. The summed E-state index contributed by atoms with van der Waals surface area (Å²) in [5.74, 6) is -2.28. The Labute approximate surface area is 200 Å². The number of carbonyl (C=O) groups is 3. The van der Waals surface area contributed by atoms with Gasteiger partial charge in [0.1, 0.15) is 5.82 Å². The van der Waals surface area contributed by atoms with Crippen LogP contribution in [-0.4, -0.2) is 27.5 Å². The molecule has 1 aliphatic heterocycles. The Kier molecular flexibility index (Phi) is 5.52. The van der Waals surface area contributed by atoms with E-state index in [0.717, 1.165) is 16.5 Å². The van der Waals surface area contributed by atoms with E-state index < -0.39 is 11.7 Å². The van der Waals surface area contributed by atoms with Gasteiger partial charge in [-0.1, -0.05) is 24.3 Å². The van der Waals surface area contributed by atoms with Gasteiger partial charge in [0.2, 0.25) is 11.8 Å². The number of rotatable bonds is 4. The molecule has 5 rings (SSSR count). The molecule has 176 valence electrons. The van der Waals surface area contributed by atoms with Gasteiger partial charge in [0.15, 0.2) is 5.69 Å². The second kappa shape index (κ2) is 8.68. The summed E-state index contributed by atoms with van der Waals surface area (Å²) >= 11 is 0. The van der Waals surface area contributed by atoms with Crippen LogP contribution in [0.4, 0.5) is 21.5 Å². The van der Waals surface area contributed by atoms with E-state index in [1.165, 1.54) is 18.2 Å². The summed E-state index contributed by atoms with van der Waals surface area (Å²) in [4.78, 5) is 38.0. The predicted molar refractivity (Wildman–Crippen MR) is 131 cm³/mol. The van der Waals surface area contributed by atoms with Crippen molar-refractivity contribution in [3.8, 4) is 0 Å². The highest BCUT2D eigenvalue weighted by Gasteiger charge is 2.31. The number of nitrogens with one attached hydrogen (secondary N) is 3. The van der Waals surface area contributed by atoms with Crippen molar-refractivity contribution in [3.63, 3.8) is 0 Å². The molecule has 0 aliphatic carbocycles. The van der Waals surface area contributed by atoms with E-state index in [0.29, 0.717) is 28.3 Å². The fourth-order valence-corrected chi connectivity index (χ4v) is 4.34. The van der Waals surface area contributed by atoms with Gasteiger partial charge in [-0.3, -0.25) is 19.1 Å². The number of hydrogen-bond acceptors (Lipinski definition) is 4. The maximum atomic E-state index is 13.6. The number of aromatic nitrogens is 2. The molecule has 0 spiro atoms. The number of para-hydroxylation sites is 1. The van der Waals surface area contributed by atoms with Crippen molar-refractivity contribution in [2.24, 2.45) is 7.05 Å². The third kappa shape index (κ3) is 4.23. The lowest BCUT2D eigenvalue weighted by atomic mass is 9.89. The minimum Gasteiger partial charge on any atom is -0.326 e. The molecular weight excluding hydrogens is 449 g/mol. The van der Waals surface area contributed by atoms with E-state index in [9.17, 15) is 18.8 Å². The molecule has 1 unspecified atom stereocenters. The number of halogens is 1. The van der Waals surface area contributed by atoms with Crippen molar-refractivity contribution >= 4 is 45.7 Å². The van der Waals surface area contributed by atoms with Crippen LogP contribution in [0, 0.1) is 12.7 Å². The first-order valence-electron chi connectivity index (χ1n) is 11.0. The van der Waals surface area contributed by atoms with Gasteiger partial charge < -0.3 is 16.0 Å². The van der Waals surface area contributed by atoms with Crippen LogP contribution < -0.4 is 16.0 Å².